The summed E-state index contributed by atoms with van der Waals surface area (Å²) in [7, 11) is 0. The average Bonchev–Trinajstić information content (AvgIpc) is 2.93. The monoisotopic (exact) mass is 277 g/mol. The summed E-state index contributed by atoms with van der Waals surface area (Å²) in [5.74, 6) is 0.834. The number of rotatable bonds is 6. The lowest BCUT2D eigenvalue weighted by Gasteiger charge is -2.28. The van der Waals surface area contributed by atoms with Crippen LogP contribution in [0.3, 0.4) is 0 Å². The summed E-state index contributed by atoms with van der Waals surface area (Å²) in [6.07, 6.45) is 1.67. The number of furan rings is 1. The molecule has 3 heteroatoms. The number of alkyl halides is 1. The van der Waals surface area contributed by atoms with Crippen LogP contribution in [-0.2, 0) is 6.54 Å². The smallest absolute Gasteiger partial charge is 0.122 e. The molecule has 0 aliphatic rings. The highest BCUT2D eigenvalue weighted by Gasteiger charge is 2.18. The Morgan fingerprint density at radius 2 is 1.84 bits per heavy atom. The Hall–Kier alpha value is -1.25. The van der Waals surface area contributed by atoms with Crippen molar-refractivity contribution in [1.82, 2.24) is 4.90 Å². The van der Waals surface area contributed by atoms with Gasteiger partial charge in [-0.25, -0.2) is 0 Å². The molecule has 19 heavy (non-hydrogen) atoms. The summed E-state index contributed by atoms with van der Waals surface area (Å²) in [4.78, 5) is 2.36. The molecule has 0 radical (unpaired) electrons. The molecule has 0 bridgehead atoms. The van der Waals surface area contributed by atoms with Gasteiger partial charge in [0.05, 0.1) is 6.26 Å². The molecule has 2 aromatic rings. The highest BCUT2D eigenvalue weighted by Crippen LogP contribution is 2.23. The maximum absolute atomic E-state index is 6.42. The second-order valence-electron chi connectivity index (χ2n) is 4.99. The summed E-state index contributed by atoms with van der Waals surface area (Å²) >= 11 is 6.42. The zero-order chi connectivity index (χ0) is 13.7. The number of halogens is 1. The Labute approximate surface area is 120 Å². The predicted octanol–water partition coefficient (Wildman–Crippen LogP) is 4.47. The third-order valence-electron chi connectivity index (χ3n) is 3.21. The van der Waals surface area contributed by atoms with E-state index in [9.17, 15) is 0 Å². The first-order chi connectivity index (χ1) is 9.16. The van der Waals surface area contributed by atoms with Gasteiger partial charge in [-0.2, -0.15) is 0 Å². The molecule has 2 rings (SSSR count). The number of nitrogens with zero attached hydrogens (tertiary/aromatic N) is 1. The molecular weight excluding hydrogens is 258 g/mol. The summed E-state index contributed by atoms with van der Waals surface area (Å²) in [5, 5.41) is -0.110. The third-order valence-corrected chi connectivity index (χ3v) is 3.56. The highest BCUT2D eigenvalue weighted by molar-refractivity contribution is 6.20. The van der Waals surface area contributed by atoms with E-state index < -0.39 is 0 Å². The predicted molar refractivity (Wildman–Crippen MR) is 79.3 cm³/mol. The Morgan fingerprint density at radius 3 is 2.42 bits per heavy atom. The van der Waals surface area contributed by atoms with Crippen molar-refractivity contribution in [1.29, 1.82) is 0 Å². The second-order valence-corrected chi connectivity index (χ2v) is 5.52. The lowest BCUT2D eigenvalue weighted by atomic mass is 10.1. The molecule has 0 amide bonds. The third kappa shape index (κ3) is 4.12. The van der Waals surface area contributed by atoms with Crippen LogP contribution in [0.15, 0.2) is 53.1 Å². The van der Waals surface area contributed by atoms with E-state index in [2.05, 4.69) is 43.0 Å². The van der Waals surface area contributed by atoms with Crippen molar-refractivity contribution in [3.05, 3.63) is 60.1 Å². The van der Waals surface area contributed by atoms with E-state index in [0.717, 1.165) is 18.8 Å². The molecular formula is C16H20ClNO. The normalized spacial score (nSPS) is 13.1. The van der Waals surface area contributed by atoms with Crippen molar-refractivity contribution in [2.24, 2.45) is 0 Å². The van der Waals surface area contributed by atoms with E-state index in [-0.39, 0.29) is 5.38 Å². The van der Waals surface area contributed by atoms with Crippen LogP contribution in [0.1, 0.15) is 30.5 Å². The molecule has 2 nitrogen and oxygen atoms in total. The van der Waals surface area contributed by atoms with Gasteiger partial charge in [0.2, 0.25) is 0 Å². The largest absolute Gasteiger partial charge is 0.468 e. The molecule has 1 unspecified atom stereocenters. The van der Waals surface area contributed by atoms with E-state index >= 15 is 0 Å². The zero-order valence-electron chi connectivity index (χ0n) is 11.4. The molecule has 0 aliphatic carbocycles. The minimum atomic E-state index is -0.110. The van der Waals surface area contributed by atoms with Gasteiger partial charge in [0, 0.05) is 19.1 Å². The molecule has 0 spiro atoms. The van der Waals surface area contributed by atoms with Gasteiger partial charge in [-0.3, -0.25) is 4.90 Å². The van der Waals surface area contributed by atoms with Crippen molar-refractivity contribution in [2.75, 3.05) is 6.54 Å². The van der Waals surface area contributed by atoms with Crippen LogP contribution in [0.4, 0.5) is 0 Å². The van der Waals surface area contributed by atoms with Crippen LogP contribution in [0.5, 0.6) is 0 Å². The van der Waals surface area contributed by atoms with Gasteiger partial charge in [0.25, 0.3) is 0 Å². The van der Waals surface area contributed by atoms with E-state index in [1.165, 1.54) is 5.56 Å². The van der Waals surface area contributed by atoms with Gasteiger partial charge in [0.1, 0.15) is 11.1 Å². The van der Waals surface area contributed by atoms with Crippen LogP contribution in [0, 0.1) is 0 Å². The molecule has 0 saturated heterocycles. The molecule has 1 aromatic carbocycles. The van der Waals surface area contributed by atoms with Crippen LogP contribution in [0.2, 0.25) is 0 Å². The second kappa shape index (κ2) is 6.78. The fourth-order valence-corrected chi connectivity index (χ4v) is 2.34. The Morgan fingerprint density at radius 1 is 1.11 bits per heavy atom. The van der Waals surface area contributed by atoms with Gasteiger partial charge in [-0.05, 0) is 31.5 Å². The summed E-state index contributed by atoms with van der Waals surface area (Å²) in [5.41, 5.74) is 1.31. The van der Waals surface area contributed by atoms with Gasteiger partial charge in [0.15, 0.2) is 0 Å². The van der Waals surface area contributed by atoms with Crippen LogP contribution >= 0.6 is 11.6 Å². The summed E-state index contributed by atoms with van der Waals surface area (Å²) in [6, 6.07) is 14.7. The fourth-order valence-electron chi connectivity index (χ4n) is 2.04. The van der Waals surface area contributed by atoms with Crippen molar-refractivity contribution in [2.45, 2.75) is 31.8 Å². The van der Waals surface area contributed by atoms with Gasteiger partial charge in [-0.15, -0.1) is 11.6 Å². The first-order valence-electron chi connectivity index (χ1n) is 6.62. The Kier molecular flexibility index (Phi) is 5.06. The zero-order valence-corrected chi connectivity index (χ0v) is 12.2. The molecule has 102 valence electrons. The van der Waals surface area contributed by atoms with Crippen molar-refractivity contribution >= 4 is 11.6 Å². The average molecular weight is 278 g/mol. The van der Waals surface area contributed by atoms with Crippen LogP contribution in [0.25, 0.3) is 0 Å². The summed E-state index contributed by atoms with van der Waals surface area (Å²) < 4.78 is 5.37. The van der Waals surface area contributed by atoms with Gasteiger partial charge in [-0.1, -0.05) is 30.3 Å². The number of benzene rings is 1. The minimum absolute atomic E-state index is 0.110. The molecule has 0 saturated carbocycles. The van der Waals surface area contributed by atoms with Crippen molar-refractivity contribution in [3.8, 4) is 0 Å². The topological polar surface area (TPSA) is 16.4 Å². The number of hydrogen-bond acceptors (Lipinski definition) is 2. The lowest BCUT2D eigenvalue weighted by molar-refractivity contribution is 0.208. The molecule has 0 N–H and O–H groups in total. The highest BCUT2D eigenvalue weighted by atomic mass is 35.5. The molecule has 0 aliphatic heterocycles. The quantitative estimate of drug-likeness (QED) is 0.725. The summed E-state index contributed by atoms with van der Waals surface area (Å²) in [6.45, 7) is 6.06. The minimum Gasteiger partial charge on any atom is -0.468 e. The van der Waals surface area contributed by atoms with Gasteiger partial charge < -0.3 is 4.42 Å². The fraction of sp³-hybridized carbons (Fsp3) is 0.375. The maximum atomic E-state index is 6.42. The van der Waals surface area contributed by atoms with Crippen LogP contribution < -0.4 is 0 Å². The van der Waals surface area contributed by atoms with E-state index in [0.29, 0.717) is 6.04 Å². The molecule has 1 heterocycles. The lowest BCUT2D eigenvalue weighted by Crippen LogP contribution is -2.33. The van der Waals surface area contributed by atoms with Crippen molar-refractivity contribution in [3.63, 3.8) is 0 Å². The molecule has 1 atom stereocenters. The van der Waals surface area contributed by atoms with Crippen molar-refractivity contribution < 1.29 is 4.42 Å². The first-order valence-corrected chi connectivity index (χ1v) is 7.06. The van der Waals surface area contributed by atoms with E-state index in [1.54, 1.807) is 6.26 Å². The van der Waals surface area contributed by atoms with E-state index in [4.69, 9.17) is 16.0 Å². The Bertz CT molecular complexity index is 467. The maximum Gasteiger partial charge on any atom is 0.122 e. The van der Waals surface area contributed by atoms with Gasteiger partial charge >= 0.3 is 0 Å². The van der Waals surface area contributed by atoms with E-state index in [1.807, 2.05) is 18.2 Å². The Balaban J connectivity index is 2.00. The number of hydrogen-bond donors (Lipinski definition) is 0. The SMILES string of the molecule is CC(C)N(Cc1ccccc1)CC(Cl)c1ccco1. The molecule has 1 aromatic heterocycles. The standard InChI is InChI=1S/C16H20ClNO/c1-13(2)18(11-14-7-4-3-5-8-14)12-15(17)16-9-6-10-19-16/h3-10,13,15H,11-12H2,1-2H3. The van der Waals surface area contributed by atoms with Crippen LogP contribution in [-0.4, -0.2) is 17.5 Å². The molecule has 0 fully saturated rings. The first kappa shape index (κ1) is 14.2.